The third-order valence-corrected chi connectivity index (χ3v) is 3.09. The molecule has 0 spiro atoms. The van der Waals surface area contributed by atoms with Crippen molar-refractivity contribution in [3.05, 3.63) is 64.5 Å². The number of esters is 1. The number of carbonyl (C=O) groups excluding carboxylic acids is 3. The smallest absolute Gasteiger partial charge is 0.338 e. The van der Waals surface area contributed by atoms with E-state index < -0.39 is 53.3 Å². The molecule has 0 fully saturated rings. The summed E-state index contributed by atoms with van der Waals surface area (Å²) in [5, 5.41) is 1.45. The lowest BCUT2D eigenvalue weighted by molar-refractivity contribution is -0.119. The number of aldehydes is 1. The van der Waals surface area contributed by atoms with Crippen LogP contribution in [-0.2, 0) is 9.53 Å². The summed E-state index contributed by atoms with van der Waals surface area (Å²) in [6.07, 6.45) is 0.534. The average Bonchev–Trinajstić information content (AvgIpc) is 2.66. The van der Waals surface area contributed by atoms with E-state index in [0.717, 1.165) is 0 Å². The van der Waals surface area contributed by atoms with Crippen LogP contribution in [0.15, 0.2) is 24.3 Å². The molecule has 2 rings (SSSR count). The molecule has 0 saturated carbocycles. The largest absolute Gasteiger partial charge is 0.452 e. The van der Waals surface area contributed by atoms with Crippen molar-refractivity contribution in [2.75, 3.05) is 11.9 Å². The monoisotopic (exact) mass is 373 g/mol. The Kier molecular flexibility index (Phi) is 5.65. The molecule has 0 saturated heterocycles. The molecule has 0 atom stereocenters. The van der Waals surface area contributed by atoms with Crippen LogP contribution in [0.2, 0.25) is 0 Å². The van der Waals surface area contributed by atoms with E-state index in [4.69, 9.17) is 0 Å². The molecule has 2 aromatic carbocycles. The van der Waals surface area contributed by atoms with E-state index in [1.165, 1.54) is 29.6 Å². The van der Waals surface area contributed by atoms with E-state index in [1.807, 2.05) is 0 Å². The Morgan fingerprint density at radius 2 is 1.38 bits per heavy atom. The van der Waals surface area contributed by atoms with Gasteiger partial charge >= 0.3 is 5.97 Å². The summed E-state index contributed by atoms with van der Waals surface area (Å²) in [4.78, 5) is 33.7. The molecule has 0 aliphatic heterocycles. The third kappa shape index (κ3) is 3.85. The molecule has 2 aromatic rings. The Labute approximate surface area is 142 Å². The maximum Gasteiger partial charge on any atom is 0.338 e. The lowest BCUT2D eigenvalue weighted by Crippen LogP contribution is -2.23. The molecular formula is C16H8F5NO4. The van der Waals surface area contributed by atoms with Crippen LogP contribution in [0.1, 0.15) is 20.7 Å². The zero-order valence-corrected chi connectivity index (χ0v) is 12.6. The highest BCUT2D eigenvalue weighted by Crippen LogP contribution is 2.27. The molecule has 1 amide bonds. The van der Waals surface area contributed by atoms with Gasteiger partial charge in [0.1, 0.15) is 12.0 Å². The van der Waals surface area contributed by atoms with Crippen LogP contribution in [0.25, 0.3) is 0 Å². The van der Waals surface area contributed by atoms with Gasteiger partial charge in [0.2, 0.25) is 5.82 Å². The zero-order valence-electron chi connectivity index (χ0n) is 12.6. The average molecular weight is 373 g/mol. The fourth-order valence-electron chi connectivity index (χ4n) is 1.80. The highest BCUT2D eigenvalue weighted by Gasteiger charge is 2.27. The number of benzene rings is 2. The maximum absolute atomic E-state index is 13.4. The van der Waals surface area contributed by atoms with Gasteiger partial charge in [-0.3, -0.25) is 9.59 Å². The summed E-state index contributed by atoms with van der Waals surface area (Å²) in [7, 11) is 0. The molecule has 5 nitrogen and oxygen atoms in total. The SMILES string of the molecule is O=Cc1ccc(C(=O)OCC(=O)Nc2c(F)c(F)c(F)c(F)c2F)cc1. The quantitative estimate of drug-likeness (QED) is 0.288. The van der Waals surface area contributed by atoms with Crippen molar-refractivity contribution in [1.82, 2.24) is 0 Å². The minimum absolute atomic E-state index is 0.0281. The zero-order chi connectivity index (χ0) is 19.4. The van der Waals surface area contributed by atoms with Gasteiger partial charge in [-0.15, -0.1) is 0 Å². The molecule has 1 N–H and O–H groups in total. The van der Waals surface area contributed by atoms with Crippen LogP contribution in [0, 0.1) is 29.1 Å². The Bertz CT molecular complexity index is 854. The van der Waals surface area contributed by atoms with Crippen molar-refractivity contribution >= 4 is 23.9 Å². The van der Waals surface area contributed by atoms with Crippen LogP contribution < -0.4 is 5.32 Å². The van der Waals surface area contributed by atoms with Crippen LogP contribution in [0.3, 0.4) is 0 Å². The summed E-state index contributed by atoms with van der Waals surface area (Å²) in [6, 6.07) is 5.07. The van der Waals surface area contributed by atoms with Crippen molar-refractivity contribution < 1.29 is 41.1 Å². The predicted octanol–water partition coefficient (Wildman–Crippen LogP) is 2.99. The second-order valence-electron chi connectivity index (χ2n) is 4.81. The third-order valence-electron chi connectivity index (χ3n) is 3.09. The Balaban J connectivity index is 2.05. The first-order valence-electron chi connectivity index (χ1n) is 6.80. The molecule has 136 valence electrons. The highest BCUT2D eigenvalue weighted by atomic mass is 19.2. The second kappa shape index (κ2) is 7.72. The Hall–Kier alpha value is -3.30. The van der Waals surface area contributed by atoms with Crippen LogP contribution in [-0.4, -0.2) is 24.8 Å². The van der Waals surface area contributed by atoms with Gasteiger partial charge in [0, 0.05) is 5.56 Å². The Morgan fingerprint density at radius 3 is 1.88 bits per heavy atom. The number of amides is 1. The van der Waals surface area contributed by atoms with Crippen LogP contribution in [0.5, 0.6) is 0 Å². The van der Waals surface area contributed by atoms with E-state index >= 15 is 0 Å². The first-order chi connectivity index (χ1) is 12.3. The molecule has 0 bridgehead atoms. The van der Waals surface area contributed by atoms with Gasteiger partial charge in [-0.1, -0.05) is 12.1 Å². The van der Waals surface area contributed by atoms with Crippen molar-refractivity contribution in [3.8, 4) is 0 Å². The first kappa shape index (κ1) is 19.0. The number of anilines is 1. The summed E-state index contributed by atoms with van der Waals surface area (Å²) in [5.41, 5.74) is -1.30. The van der Waals surface area contributed by atoms with Crippen LogP contribution >= 0.6 is 0 Å². The summed E-state index contributed by atoms with van der Waals surface area (Å²) in [5.74, 6) is -13.6. The standard InChI is InChI=1S/C16H8F5NO4/c17-10-11(18)13(20)15(14(21)12(10)19)22-9(24)6-26-16(25)8-3-1-7(5-23)2-4-8/h1-5H,6H2,(H,22,24). The molecule has 10 heteroatoms. The molecular weight excluding hydrogens is 365 g/mol. The maximum atomic E-state index is 13.4. The summed E-state index contributed by atoms with van der Waals surface area (Å²) in [6.45, 7) is -1.05. The van der Waals surface area contributed by atoms with Crippen molar-refractivity contribution in [1.29, 1.82) is 0 Å². The molecule has 0 aliphatic rings. The molecule has 0 radical (unpaired) electrons. The van der Waals surface area contributed by atoms with E-state index in [1.54, 1.807) is 0 Å². The number of rotatable bonds is 5. The molecule has 0 heterocycles. The fraction of sp³-hybridized carbons (Fsp3) is 0.0625. The molecule has 26 heavy (non-hydrogen) atoms. The lowest BCUT2D eigenvalue weighted by Gasteiger charge is -2.10. The second-order valence-corrected chi connectivity index (χ2v) is 4.81. The predicted molar refractivity (Wildman–Crippen MR) is 77.0 cm³/mol. The number of halogens is 5. The van der Waals surface area contributed by atoms with Gasteiger partial charge < -0.3 is 10.1 Å². The summed E-state index contributed by atoms with van der Waals surface area (Å²) >= 11 is 0. The van der Waals surface area contributed by atoms with Crippen molar-refractivity contribution in [3.63, 3.8) is 0 Å². The van der Waals surface area contributed by atoms with Gasteiger partial charge in [-0.25, -0.2) is 26.7 Å². The van der Waals surface area contributed by atoms with E-state index in [2.05, 4.69) is 4.74 Å². The van der Waals surface area contributed by atoms with Gasteiger partial charge in [0.15, 0.2) is 29.9 Å². The normalized spacial score (nSPS) is 10.3. The summed E-state index contributed by atoms with van der Waals surface area (Å²) < 4.78 is 70.4. The molecule has 0 aromatic heterocycles. The number of hydrogen-bond donors (Lipinski definition) is 1. The minimum Gasteiger partial charge on any atom is -0.452 e. The van der Waals surface area contributed by atoms with Crippen molar-refractivity contribution in [2.24, 2.45) is 0 Å². The first-order valence-corrected chi connectivity index (χ1v) is 6.80. The number of hydrogen-bond acceptors (Lipinski definition) is 4. The molecule has 0 unspecified atom stereocenters. The molecule has 0 aliphatic carbocycles. The van der Waals surface area contributed by atoms with Gasteiger partial charge in [0.25, 0.3) is 5.91 Å². The van der Waals surface area contributed by atoms with Crippen molar-refractivity contribution in [2.45, 2.75) is 0 Å². The van der Waals surface area contributed by atoms with E-state index in [0.29, 0.717) is 6.29 Å². The minimum atomic E-state index is -2.37. The van der Waals surface area contributed by atoms with Gasteiger partial charge in [-0.2, -0.15) is 0 Å². The van der Waals surface area contributed by atoms with E-state index in [-0.39, 0.29) is 11.1 Å². The fourth-order valence-corrected chi connectivity index (χ4v) is 1.80. The number of ether oxygens (including phenoxy) is 1. The van der Waals surface area contributed by atoms with E-state index in [9.17, 15) is 36.3 Å². The topological polar surface area (TPSA) is 72.5 Å². The number of nitrogens with one attached hydrogen (secondary N) is 1. The number of carbonyl (C=O) groups is 3. The van der Waals surface area contributed by atoms with Crippen LogP contribution in [0.4, 0.5) is 27.6 Å². The Morgan fingerprint density at radius 1 is 0.885 bits per heavy atom. The highest BCUT2D eigenvalue weighted by molar-refractivity contribution is 5.96. The van der Waals surface area contributed by atoms with Gasteiger partial charge in [0.05, 0.1) is 5.56 Å². The van der Waals surface area contributed by atoms with Gasteiger partial charge in [-0.05, 0) is 12.1 Å². The lowest BCUT2D eigenvalue weighted by atomic mass is 10.1.